The number of aromatic nitrogens is 3. The van der Waals surface area contributed by atoms with Crippen LogP contribution in [0.4, 0.5) is 5.82 Å². The van der Waals surface area contributed by atoms with Crippen LogP contribution in [0.1, 0.15) is 5.69 Å². The van der Waals surface area contributed by atoms with Gasteiger partial charge in [-0.05, 0) is 0 Å². The number of nitrogens with one attached hydrogen (secondary N) is 2. The molecule has 0 saturated carbocycles. The number of fused-ring (bicyclic) bond motifs is 1. The molecular formula is C3H4N4O. The highest BCUT2D eigenvalue weighted by atomic mass is 16.7. The van der Waals surface area contributed by atoms with Crippen molar-refractivity contribution in [3.05, 3.63) is 5.69 Å². The predicted molar refractivity (Wildman–Crippen MR) is 24.8 cm³/mol. The smallest absolute Gasteiger partial charge is 0.197 e. The summed E-state index contributed by atoms with van der Waals surface area (Å²) in [4.78, 5) is 4.76. The van der Waals surface area contributed by atoms with Gasteiger partial charge in [0.1, 0.15) is 12.3 Å². The van der Waals surface area contributed by atoms with Crippen molar-refractivity contribution in [2.45, 2.75) is 6.61 Å². The van der Waals surface area contributed by atoms with E-state index in [1.54, 1.807) is 0 Å². The molecule has 0 unspecified atom stereocenters. The van der Waals surface area contributed by atoms with E-state index >= 15 is 0 Å². The Kier molecular flexibility index (Phi) is 0.574. The Morgan fingerprint density at radius 3 is 3.38 bits per heavy atom. The molecule has 0 aromatic carbocycles. The lowest BCUT2D eigenvalue weighted by Crippen LogP contribution is -1.90. The Balaban J connectivity index is 2.54. The van der Waals surface area contributed by atoms with Gasteiger partial charge in [0, 0.05) is 0 Å². The number of hydrogen-bond donors (Lipinski definition) is 2. The first-order valence-electron chi connectivity index (χ1n) is 2.24. The Bertz CT molecular complexity index is 176. The molecule has 42 valence electrons. The SMILES string of the molecule is C1ONc2n[nH]nc21. The van der Waals surface area contributed by atoms with Crippen molar-refractivity contribution < 1.29 is 4.84 Å². The summed E-state index contributed by atoms with van der Waals surface area (Å²) in [7, 11) is 0. The van der Waals surface area contributed by atoms with Crippen LogP contribution in [0.3, 0.4) is 0 Å². The maximum atomic E-state index is 4.76. The molecule has 1 aliphatic heterocycles. The molecule has 0 aliphatic carbocycles. The monoisotopic (exact) mass is 112 g/mol. The molecule has 0 saturated heterocycles. The molecule has 8 heavy (non-hydrogen) atoms. The molecule has 0 spiro atoms. The maximum Gasteiger partial charge on any atom is 0.197 e. The average molecular weight is 112 g/mol. The highest BCUT2D eigenvalue weighted by molar-refractivity contribution is 5.38. The maximum absolute atomic E-state index is 4.76. The van der Waals surface area contributed by atoms with Gasteiger partial charge in [-0.2, -0.15) is 10.3 Å². The highest BCUT2D eigenvalue weighted by Crippen LogP contribution is 2.14. The van der Waals surface area contributed by atoms with E-state index in [0.29, 0.717) is 12.4 Å². The van der Waals surface area contributed by atoms with Gasteiger partial charge in [-0.1, -0.05) is 0 Å². The molecule has 5 nitrogen and oxygen atoms in total. The Morgan fingerprint density at radius 1 is 1.50 bits per heavy atom. The van der Waals surface area contributed by atoms with E-state index in [-0.39, 0.29) is 0 Å². The summed E-state index contributed by atoms with van der Waals surface area (Å²) in [6, 6.07) is 0. The van der Waals surface area contributed by atoms with Gasteiger partial charge in [-0.3, -0.25) is 4.84 Å². The van der Waals surface area contributed by atoms with Crippen LogP contribution in [-0.2, 0) is 11.4 Å². The summed E-state index contributed by atoms with van der Waals surface area (Å²) in [5.74, 6) is 0.699. The van der Waals surface area contributed by atoms with E-state index in [1.165, 1.54) is 0 Å². The van der Waals surface area contributed by atoms with Crippen LogP contribution in [0.5, 0.6) is 0 Å². The van der Waals surface area contributed by atoms with Gasteiger partial charge in [0.15, 0.2) is 5.82 Å². The van der Waals surface area contributed by atoms with Crippen LogP contribution in [0.15, 0.2) is 0 Å². The second-order valence-electron chi connectivity index (χ2n) is 1.51. The molecular weight excluding hydrogens is 108 g/mol. The van der Waals surface area contributed by atoms with Gasteiger partial charge in [0.25, 0.3) is 0 Å². The molecule has 2 heterocycles. The van der Waals surface area contributed by atoms with Gasteiger partial charge < -0.3 is 0 Å². The molecule has 1 aliphatic rings. The van der Waals surface area contributed by atoms with E-state index in [2.05, 4.69) is 20.9 Å². The largest absolute Gasteiger partial charge is 0.268 e. The molecule has 2 rings (SSSR count). The third kappa shape index (κ3) is 0.336. The zero-order valence-corrected chi connectivity index (χ0v) is 4.01. The minimum atomic E-state index is 0.506. The fourth-order valence-corrected chi connectivity index (χ4v) is 0.608. The first-order chi connectivity index (χ1) is 3.97. The van der Waals surface area contributed by atoms with Crippen molar-refractivity contribution in [3.63, 3.8) is 0 Å². The van der Waals surface area contributed by atoms with Crippen LogP contribution in [-0.4, -0.2) is 15.4 Å². The molecule has 0 radical (unpaired) electrons. The third-order valence-electron chi connectivity index (χ3n) is 0.998. The molecule has 0 bridgehead atoms. The van der Waals surface area contributed by atoms with Crippen LogP contribution in [0.25, 0.3) is 0 Å². The second-order valence-corrected chi connectivity index (χ2v) is 1.51. The number of anilines is 1. The molecule has 1 aromatic heterocycles. The normalized spacial score (nSPS) is 15.5. The molecule has 0 amide bonds. The Labute approximate surface area is 45.0 Å². The summed E-state index contributed by atoms with van der Waals surface area (Å²) in [6.45, 7) is 0.506. The van der Waals surface area contributed by atoms with Crippen LogP contribution in [0.2, 0.25) is 0 Å². The van der Waals surface area contributed by atoms with Crippen molar-refractivity contribution in [2.24, 2.45) is 0 Å². The van der Waals surface area contributed by atoms with E-state index in [4.69, 9.17) is 4.84 Å². The number of hydrogen-bond acceptors (Lipinski definition) is 4. The molecule has 0 fully saturated rings. The quantitative estimate of drug-likeness (QED) is 0.482. The molecule has 5 heteroatoms. The zero-order chi connectivity index (χ0) is 5.40. The van der Waals surface area contributed by atoms with Crippen molar-refractivity contribution in [1.29, 1.82) is 0 Å². The second kappa shape index (κ2) is 1.19. The summed E-state index contributed by atoms with van der Waals surface area (Å²) >= 11 is 0. The summed E-state index contributed by atoms with van der Waals surface area (Å²) in [5, 5.41) is 9.96. The first-order valence-corrected chi connectivity index (χ1v) is 2.24. The van der Waals surface area contributed by atoms with Gasteiger partial charge >= 0.3 is 0 Å². The number of H-pyrrole nitrogens is 1. The van der Waals surface area contributed by atoms with Gasteiger partial charge in [-0.15, -0.1) is 5.10 Å². The number of nitrogens with zero attached hydrogens (tertiary/aromatic N) is 2. The van der Waals surface area contributed by atoms with Crippen LogP contribution in [0, 0.1) is 0 Å². The van der Waals surface area contributed by atoms with Crippen molar-refractivity contribution in [3.8, 4) is 0 Å². The highest BCUT2D eigenvalue weighted by Gasteiger charge is 2.13. The standard InChI is InChI=1S/C3H4N4O/c1-2-3(6-8-1)5-7-4-2/h1H2,(H2,4,5,6,7). The van der Waals surface area contributed by atoms with Gasteiger partial charge in [0.05, 0.1) is 0 Å². The summed E-state index contributed by atoms with van der Waals surface area (Å²) in [5.41, 5.74) is 3.41. The number of aromatic amines is 1. The predicted octanol–water partition coefficient (Wildman–Crippen LogP) is -0.338. The lowest BCUT2D eigenvalue weighted by Gasteiger charge is -1.85. The molecule has 1 aromatic rings. The summed E-state index contributed by atoms with van der Waals surface area (Å²) in [6.07, 6.45) is 0. The lowest BCUT2D eigenvalue weighted by atomic mass is 10.5. The lowest BCUT2D eigenvalue weighted by molar-refractivity contribution is 0.197. The Morgan fingerprint density at radius 2 is 2.50 bits per heavy atom. The van der Waals surface area contributed by atoms with Crippen LogP contribution >= 0.6 is 0 Å². The zero-order valence-electron chi connectivity index (χ0n) is 4.01. The third-order valence-corrected chi connectivity index (χ3v) is 0.998. The van der Waals surface area contributed by atoms with Crippen LogP contribution < -0.4 is 5.48 Å². The number of rotatable bonds is 0. The van der Waals surface area contributed by atoms with E-state index in [0.717, 1.165) is 5.69 Å². The average Bonchev–Trinajstić information content (AvgIpc) is 2.15. The summed E-state index contributed by atoms with van der Waals surface area (Å²) < 4.78 is 0. The van der Waals surface area contributed by atoms with E-state index in [9.17, 15) is 0 Å². The molecule has 2 N–H and O–H groups in total. The first kappa shape index (κ1) is 3.85. The fraction of sp³-hybridized carbons (Fsp3) is 0.333. The van der Waals surface area contributed by atoms with Gasteiger partial charge in [-0.25, -0.2) is 5.48 Å². The van der Waals surface area contributed by atoms with Gasteiger partial charge in [0.2, 0.25) is 0 Å². The van der Waals surface area contributed by atoms with Crippen molar-refractivity contribution in [2.75, 3.05) is 5.48 Å². The van der Waals surface area contributed by atoms with E-state index in [1.807, 2.05) is 0 Å². The fourth-order valence-electron chi connectivity index (χ4n) is 0.608. The van der Waals surface area contributed by atoms with Crippen molar-refractivity contribution >= 4 is 5.82 Å². The minimum Gasteiger partial charge on any atom is -0.268 e. The Hall–Kier alpha value is -1.10. The topological polar surface area (TPSA) is 62.8 Å². The van der Waals surface area contributed by atoms with E-state index < -0.39 is 0 Å². The van der Waals surface area contributed by atoms with Crippen molar-refractivity contribution in [1.82, 2.24) is 15.4 Å². The molecule has 0 atom stereocenters. The minimum absolute atomic E-state index is 0.506.